The van der Waals surface area contributed by atoms with Gasteiger partial charge in [0.25, 0.3) is 0 Å². The summed E-state index contributed by atoms with van der Waals surface area (Å²) in [7, 11) is 0. The molecular formula is C16H16F2N2O. The molecule has 0 radical (unpaired) electrons. The average molecular weight is 290 g/mol. The molecule has 0 aliphatic carbocycles. The SMILES string of the molecule is CC(Cc1ccc(F)cc1)(Nc1cccc(F)c1)C(N)=O. The Morgan fingerprint density at radius 3 is 2.38 bits per heavy atom. The number of hydrogen-bond acceptors (Lipinski definition) is 2. The molecule has 3 N–H and O–H groups in total. The zero-order valence-corrected chi connectivity index (χ0v) is 11.6. The number of halogens is 2. The number of benzene rings is 2. The number of nitrogens with one attached hydrogen (secondary N) is 1. The highest BCUT2D eigenvalue weighted by Crippen LogP contribution is 2.21. The van der Waals surface area contributed by atoms with E-state index in [1.54, 1.807) is 25.1 Å². The van der Waals surface area contributed by atoms with Crippen LogP contribution in [-0.2, 0) is 11.2 Å². The Morgan fingerprint density at radius 2 is 1.81 bits per heavy atom. The van der Waals surface area contributed by atoms with Crippen LogP contribution in [0.5, 0.6) is 0 Å². The summed E-state index contributed by atoms with van der Waals surface area (Å²) < 4.78 is 26.1. The van der Waals surface area contributed by atoms with E-state index in [2.05, 4.69) is 5.32 Å². The van der Waals surface area contributed by atoms with Crippen molar-refractivity contribution in [2.24, 2.45) is 5.73 Å². The van der Waals surface area contributed by atoms with E-state index in [-0.39, 0.29) is 12.2 Å². The molecular weight excluding hydrogens is 274 g/mol. The molecule has 0 fully saturated rings. The molecule has 0 spiro atoms. The van der Waals surface area contributed by atoms with E-state index in [1.165, 1.54) is 30.3 Å². The second-order valence-corrected chi connectivity index (χ2v) is 5.13. The fourth-order valence-corrected chi connectivity index (χ4v) is 2.09. The average Bonchev–Trinajstić information content (AvgIpc) is 2.41. The van der Waals surface area contributed by atoms with Gasteiger partial charge in [0.1, 0.15) is 17.2 Å². The van der Waals surface area contributed by atoms with Gasteiger partial charge in [-0.05, 0) is 42.8 Å². The van der Waals surface area contributed by atoms with Crippen molar-refractivity contribution in [2.75, 3.05) is 5.32 Å². The van der Waals surface area contributed by atoms with E-state index < -0.39 is 17.3 Å². The van der Waals surface area contributed by atoms with Crippen molar-refractivity contribution in [3.8, 4) is 0 Å². The summed E-state index contributed by atoms with van der Waals surface area (Å²) in [6.45, 7) is 1.63. The Balaban J connectivity index is 2.23. The van der Waals surface area contributed by atoms with E-state index in [1.807, 2.05) is 0 Å². The number of carbonyl (C=O) groups is 1. The lowest BCUT2D eigenvalue weighted by Crippen LogP contribution is -2.49. The molecule has 1 unspecified atom stereocenters. The number of carbonyl (C=O) groups excluding carboxylic acids is 1. The molecule has 0 heterocycles. The highest BCUT2D eigenvalue weighted by atomic mass is 19.1. The molecule has 3 nitrogen and oxygen atoms in total. The number of anilines is 1. The van der Waals surface area contributed by atoms with Crippen molar-refractivity contribution in [3.05, 3.63) is 65.7 Å². The first-order valence-corrected chi connectivity index (χ1v) is 6.47. The molecule has 0 bridgehead atoms. The standard InChI is InChI=1S/C16H16F2N2O/c1-16(15(19)21,10-11-5-7-12(17)8-6-11)20-14-4-2-3-13(18)9-14/h2-9,20H,10H2,1H3,(H2,19,21). The van der Waals surface area contributed by atoms with Crippen molar-refractivity contribution >= 4 is 11.6 Å². The normalized spacial score (nSPS) is 13.5. The molecule has 2 aromatic carbocycles. The Kier molecular flexibility index (Phi) is 4.21. The van der Waals surface area contributed by atoms with Crippen LogP contribution in [0.15, 0.2) is 48.5 Å². The Hall–Kier alpha value is -2.43. The fourth-order valence-electron chi connectivity index (χ4n) is 2.09. The molecule has 21 heavy (non-hydrogen) atoms. The number of hydrogen-bond donors (Lipinski definition) is 2. The van der Waals surface area contributed by atoms with Crippen LogP contribution in [0, 0.1) is 11.6 Å². The smallest absolute Gasteiger partial charge is 0.243 e. The third-order valence-corrected chi connectivity index (χ3v) is 3.26. The third kappa shape index (κ3) is 3.78. The minimum absolute atomic E-state index is 0.263. The molecule has 0 aromatic heterocycles. The van der Waals surface area contributed by atoms with Crippen LogP contribution in [0.25, 0.3) is 0 Å². The molecule has 0 aliphatic rings. The van der Waals surface area contributed by atoms with Gasteiger partial charge in [-0.3, -0.25) is 4.79 Å². The fraction of sp³-hybridized carbons (Fsp3) is 0.188. The van der Waals surface area contributed by atoms with Gasteiger partial charge in [0, 0.05) is 12.1 Å². The zero-order valence-electron chi connectivity index (χ0n) is 11.6. The molecule has 1 atom stereocenters. The predicted octanol–water partition coefficient (Wildman–Crippen LogP) is 2.86. The molecule has 5 heteroatoms. The molecule has 1 amide bonds. The van der Waals surface area contributed by atoms with Crippen molar-refractivity contribution < 1.29 is 13.6 Å². The number of nitrogens with two attached hydrogens (primary N) is 1. The summed E-state index contributed by atoms with van der Waals surface area (Å²) in [4.78, 5) is 11.8. The first kappa shape index (κ1) is 15.0. The molecule has 2 aromatic rings. The second-order valence-electron chi connectivity index (χ2n) is 5.13. The van der Waals surface area contributed by atoms with Gasteiger partial charge in [-0.15, -0.1) is 0 Å². The Labute approximate surface area is 121 Å². The van der Waals surface area contributed by atoms with Crippen LogP contribution >= 0.6 is 0 Å². The van der Waals surface area contributed by atoms with Crippen molar-refractivity contribution in [2.45, 2.75) is 18.9 Å². The maximum atomic E-state index is 13.2. The minimum Gasteiger partial charge on any atom is -0.371 e. The lowest BCUT2D eigenvalue weighted by molar-refractivity contribution is -0.121. The van der Waals surface area contributed by atoms with Crippen LogP contribution in [0.4, 0.5) is 14.5 Å². The van der Waals surface area contributed by atoms with E-state index in [4.69, 9.17) is 5.73 Å². The summed E-state index contributed by atoms with van der Waals surface area (Å²) in [6, 6.07) is 11.6. The maximum absolute atomic E-state index is 13.2. The van der Waals surface area contributed by atoms with Gasteiger partial charge in [0.2, 0.25) is 5.91 Å². The van der Waals surface area contributed by atoms with Gasteiger partial charge in [-0.2, -0.15) is 0 Å². The summed E-state index contributed by atoms with van der Waals surface area (Å²) in [5.74, 6) is -1.33. The van der Waals surface area contributed by atoms with E-state index in [9.17, 15) is 13.6 Å². The molecule has 110 valence electrons. The van der Waals surface area contributed by atoms with E-state index >= 15 is 0 Å². The predicted molar refractivity (Wildman–Crippen MR) is 77.7 cm³/mol. The molecule has 2 rings (SSSR count). The van der Waals surface area contributed by atoms with Crippen LogP contribution in [0.2, 0.25) is 0 Å². The van der Waals surface area contributed by atoms with E-state index in [0.29, 0.717) is 5.69 Å². The van der Waals surface area contributed by atoms with Crippen molar-refractivity contribution in [1.82, 2.24) is 0 Å². The molecule has 0 aliphatic heterocycles. The summed E-state index contributed by atoms with van der Waals surface area (Å²) in [5.41, 5.74) is 5.57. The van der Waals surface area contributed by atoms with Gasteiger partial charge in [0.15, 0.2) is 0 Å². The largest absolute Gasteiger partial charge is 0.371 e. The van der Waals surface area contributed by atoms with Gasteiger partial charge >= 0.3 is 0 Å². The number of amides is 1. The van der Waals surface area contributed by atoms with Gasteiger partial charge in [0.05, 0.1) is 0 Å². The maximum Gasteiger partial charge on any atom is 0.243 e. The van der Waals surface area contributed by atoms with Crippen LogP contribution < -0.4 is 11.1 Å². The highest BCUT2D eigenvalue weighted by molar-refractivity contribution is 5.87. The Bertz CT molecular complexity index is 643. The van der Waals surface area contributed by atoms with Gasteiger partial charge in [-0.1, -0.05) is 18.2 Å². The Morgan fingerprint density at radius 1 is 1.14 bits per heavy atom. The number of primary amides is 1. The first-order valence-electron chi connectivity index (χ1n) is 6.47. The van der Waals surface area contributed by atoms with Crippen molar-refractivity contribution in [1.29, 1.82) is 0 Å². The number of rotatable bonds is 5. The topological polar surface area (TPSA) is 55.1 Å². The zero-order chi connectivity index (χ0) is 15.5. The summed E-state index contributed by atoms with van der Waals surface area (Å²) in [5, 5.41) is 2.95. The van der Waals surface area contributed by atoms with Crippen LogP contribution in [0.3, 0.4) is 0 Å². The minimum atomic E-state index is -1.11. The summed E-state index contributed by atoms with van der Waals surface area (Å²) >= 11 is 0. The van der Waals surface area contributed by atoms with E-state index in [0.717, 1.165) is 5.56 Å². The second kappa shape index (κ2) is 5.91. The lowest BCUT2D eigenvalue weighted by atomic mass is 9.91. The molecule has 0 saturated heterocycles. The monoisotopic (exact) mass is 290 g/mol. The quantitative estimate of drug-likeness (QED) is 0.889. The van der Waals surface area contributed by atoms with Gasteiger partial charge < -0.3 is 11.1 Å². The summed E-state index contributed by atoms with van der Waals surface area (Å²) in [6.07, 6.45) is 0.263. The van der Waals surface area contributed by atoms with Gasteiger partial charge in [-0.25, -0.2) is 8.78 Å². The van der Waals surface area contributed by atoms with Crippen molar-refractivity contribution in [3.63, 3.8) is 0 Å². The highest BCUT2D eigenvalue weighted by Gasteiger charge is 2.31. The van der Waals surface area contributed by atoms with Crippen LogP contribution in [-0.4, -0.2) is 11.4 Å². The first-order chi connectivity index (χ1) is 9.89. The third-order valence-electron chi connectivity index (χ3n) is 3.26. The molecule has 0 saturated carbocycles. The van der Waals surface area contributed by atoms with Crippen LogP contribution in [0.1, 0.15) is 12.5 Å². The lowest BCUT2D eigenvalue weighted by Gasteiger charge is -2.29.